The van der Waals surface area contributed by atoms with Gasteiger partial charge in [-0.1, -0.05) is 28.9 Å². The molecule has 0 aliphatic carbocycles. The fourth-order valence-corrected chi connectivity index (χ4v) is 2.44. The first kappa shape index (κ1) is 18.0. The van der Waals surface area contributed by atoms with Gasteiger partial charge in [-0.2, -0.15) is 0 Å². The van der Waals surface area contributed by atoms with E-state index in [1.165, 1.54) is 0 Å². The largest absolute Gasteiger partial charge is 0.360 e. The maximum atomic E-state index is 12.2. The molecule has 7 nitrogen and oxygen atoms in total. The van der Waals surface area contributed by atoms with Crippen LogP contribution in [0.15, 0.2) is 34.9 Å². The van der Waals surface area contributed by atoms with Gasteiger partial charge in [0.15, 0.2) is 5.82 Å². The molecule has 1 aromatic heterocycles. The van der Waals surface area contributed by atoms with Gasteiger partial charge in [-0.25, -0.2) is 0 Å². The van der Waals surface area contributed by atoms with Crippen LogP contribution in [0.4, 0.5) is 5.82 Å². The lowest BCUT2D eigenvalue weighted by atomic mass is 10.0. The lowest BCUT2D eigenvalue weighted by Gasteiger charge is -2.26. The number of nitrogens with one attached hydrogen (secondary N) is 2. The van der Waals surface area contributed by atoms with E-state index >= 15 is 0 Å². The minimum Gasteiger partial charge on any atom is -0.360 e. The van der Waals surface area contributed by atoms with E-state index in [2.05, 4.69) is 15.8 Å². The Morgan fingerprint density at radius 1 is 1.33 bits per heavy atom. The van der Waals surface area contributed by atoms with Crippen molar-refractivity contribution in [1.29, 1.82) is 0 Å². The Bertz CT molecular complexity index is 714. The monoisotopic (exact) mass is 350 g/mol. The molecule has 0 bridgehead atoms. The highest BCUT2D eigenvalue weighted by atomic mass is 35.5. The molecule has 2 aromatic rings. The van der Waals surface area contributed by atoms with Crippen LogP contribution in [0.3, 0.4) is 0 Å². The molecule has 1 aromatic carbocycles. The number of aryl methyl sites for hydroxylation is 1. The van der Waals surface area contributed by atoms with Gasteiger partial charge in [-0.05, 0) is 31.7 Å². The van der Waals surface area contributed by atoms with Crippen molar-refractivity contribution in [3.8, 4) is 0 Å². The Balaban J connectivity index is 2.09. The number of hydrogen-bond acceptors (Lipinski definition) is 5. The number of likely N-dealkylation sites (N-methyl/N-ethyl adjacent to an activating group) is 2. The number of anilines is 1. The van der Waals surface area contributed by atoms with Gasteiger partial charge in [0.05, 0.1) is 6.54 Å². The van der Waals surface area contributed by atoms with Crippen LogP contribution in [0.1, 0.15) is 17.4 Å². The van der Waals surface area contributed by atoms with Gasteiger partial charge in [-0.3, -0.25) is 14.5 Å². The molecule has 0 unspecified atom stereocenters. The predicted molar refractivity (Wildman–Crippen MR) is 90.8 cm³/mol. The highest BCUT2D eigenvalue weighted by Crippen LogP contribution is 2.21. The zero-order valence-corrected chi connectivity index (χ0v) is 14.4. The molecule has 1 heterocycles. The summed E-state index contributed by atoms with van der Waals surface area (Å²) in [6.45, 7) is 1.74. The molecule has 2 N–H and O–H groups in total. The van der Waals surface area contributed by atoms with Crippen molar-refractivity contribution < 1.29 is 14.1 Å². The van der Waals surface area contributed by atoms with Crippen LogP contribution < -0.4 is 10.6 Å². The molecule has 0 saturated heterocycles. The van der Waals surface area contributed by atoms with Crippen LogP contribution in [-0.4, -0.2) is 42.5 Å². The Morgan fingerprint density at radius 3 is 2.54 bits per heavy atom. The average Bonchev–Trinajstić information content (AvgIpc) is 2.94. The van der Waals surface area contributed by atoms with E-state index in [9.17, 15) is 9.59 Å². The van der Waals surface area contributed by atoms with E-state index in [1.807, 2.05) is 0 Å². The quantitative estimate of drug-likeness (QED) is 0.832. The van der Waals surface area contributed by atoms with Gasteiger partial charge < -0.3 is 15.2 Å². The van der Waals surface area contributed by atoms with Gasteiger partial charge in [0.25, 0.3) is 0 Å². The van der Waals surface area contributed by atoms with Crippen molar-refractivity contribution in [3.05, 3.63) is 46.7 Å². The van der Waals surface area contributed by atoms with E-state index in [1.54, 1.807) is 56.3 Å². The van der Waals surface area contributed by atoms with Gasteiger partial charge in [0, 0.05) is 18.1 Å². The lowest BCUT2D eigenvalue weighted by Crippen LogP contribution is -2.40. The topological polar surface area (TPSA) is 87.5 Å². The van der Waals surface area contributed by atoms with Crippen molar-refractivity contribution in [3.63, 3.8) is 0 Å². The SMILES string of the molecule is CNC(=O)[C@H](c1ccc(Cl)cc1)N(C)CC(=O)Nc1cc(C)on1. The number of carbonyl (C=O) groups is 2. The summed E-state index contributed by atoms with van der Waals surface area (Å²) in [6, 6.07) is 7.94. The van der Waals surface area contributed by atoms with Crippen molar-refractivity contribution >= 4 is 29.2 Å². The summed E-state index contributed by atoms with van der Waals surface area (Å²) in [5.74, 6) is 0.426. The van der Waals surface area contributed by atoms with Crippen LogP contribution in [0.5, 0.6) is 0 Å². The summed E-state index contributed by atoms with van der Waals surface area (Å²) in [4.78, 5) is 26.0. The number of amides is 2. The van der Waals surface area contributed by atoms with E-state index < -0.39 is 6.04 Å². The van der Waals surface area contributed by atoms with Gasteiger partial charge >= 0.3 is 0 Å². The number of rotatable bonds is 6. The first-order valence-corrected chi connectivity index (χ1v) is 7.69. The highest BCUT2D eigenvalue weighted by molar-refractivity contribution is 6.30. The molecule has 0 saturated carbocycles. The molecule has 0 spiro atoms. The third-order valence-corrected chi connectivity index (χ3v) is 3.66. The first-order chi connectivity index (χ1) is 11.4. The summed E-state index contributed by atoms with van der Waals surface area (Å²) in [5, 5.41) is 9.53. The van der Waals surface area contributed by atoms with Crippen LogP contribution in [0, 0.1) is 6.92 Å². The molecule has 24 heavy (non-hydrogen) atoms. The molecular formula is C16H19ClN4O3. The molecule has 0 aliphatic heterocycles. The second-order valence-corrected chi connectivity index (χ2v) is 5.79. The molecule has 2 rings (SSSR count). The third-order valence-electron chi connectivity index (χ3n) is 3.41. The zero-order chi connectivity index (χ0) is 17.7. The minimum atomic E-state index is -0.614. The number of halogens is 1. The maximum absolute atomic E-state index is 12.2. The second-order valence-electron chi connectivity index (χ2n) is 5.35. The number of benzene rings is 1. The Kier molecular flexibility index (Phi) is 5.94. The summed E-state index contributed by atoms with van der Waals surface area (Å²) in [6.07, 6.45) is 0. The minimum absolute atomic E-state index is 0.00657. The Morgan fingerprint density at radius 2 is 2.00 bits per heavy atom. The van der Waals surface area contributed by atoms with E-state index in [0.29, 0.717) is 16.6 Å². The molecule has 2 amide bonds. The van der Waals surface area contributed by atoms with Gasteiger partial charge in [0.2, 0.25) is 11.8 Å². The number of nitrogens with zero attached hydrogens (tertiary/aromatic N) is 2. The van der Waals surface area contributed by atoms with Crippen molar-refractivity contribution in [2.45, 2.75) is 13.0 Å². The van der Waals surface area contributed by atoms with Crippen molar-refractivity contribution in [2.24, 2.45) is 0 Å². The maximum Gasteiger partial charge on any atom is 0.241 e. The first-order valence-electron chi connectivity index (χ1n) is 7.31. The van der Waals surface area contributed by atoms with Gasteiger partial charge in [0.1, 0.15) is 11.8 Å². The summed E-state index contributed by atoms with van der Waals surface area (Å²) in [5.41, 5.74) is 0.742. The fraction of sp³-hybridized carbons (Fsp3) is 0.312. The van der Waals surface area contributed by atoms with E-state index in [4.69, 9.17) is 16.1 Å². The molecule has 0 radical (unpaired) electrons. The van der Waals surface area contributed by atoms with Crippen LogP contribution in [0.25, 0.3) is 0 Å². The Labute approximate surface area is 144 Å². The molecule has 1 atom stereocenters. The molecule has 128 valence electrons. The second kappa shape index (κ2) is 7.94. The van der Waals surface area contributed by atoms with Crippen LogP contribution >= 0.6 is 11.6 Å². The number of hydrogen-bond donors (Lipinski definition) is 2. The Hall–Kier alpha value is -2.38. The summed E-state index contributed by atoms with van der Waals surface area (Å²) >= 11 is 5.89. The van der Waals surface area contributed by atoms with Crippen molar-refractivity contribution in [2.75, 3.05) is 26.0 Å². The van der Waals surface area contributed by atoms with Crippen LogP contribution in [0.2, 0.25) is 5.02 Å². The summed E-state index contributed by atoms with van der Waals surface area (Å²) in [7, 11) is 3.25. The predicted octanol–water partition coefficient (Wildman–Crippen LogP) is 1.99. The number of carbonyl (C=O) groups excluding carboxylic acids is 2. The van der Waals surface area contributed by atoms with E-state index in [-0.39, 0.29) is 18.4 Å². The van der Waals surface area contributed by atoms with Crippen molar-refractivity contribution in [1.82, 2.24) is 15.4 Å². The molecular weight excluding hydrogens is 332 g/mol. The summed E-state index contributed by atoms with van der Waals surface area (Å²) < 4.78 is 4.90. The standard InChI is InChI=1S/C16H19ClN4O3/c1-10-8-13(20-24-10)19-14(22)9-21(3)15(16(23)18-2)11-4-6-12(17)7-5-11/h4-8,15H,9H2,1-3H3,(H,18,23)(H,19,20,22)/t15-/m0/s1. The molecule has 0 fully saturated rings. The van der Waals surface area contributed by atoms with Crippen LogP contribution in [-0.2, 0) is 9.59 Å². The zero-order valence-electron chi connectivity index (χ0n) is 13.7. The van der Waals surface area contributed by atoms with E-state index in [0.717, 1.165) is 5.56 Å². The fourth-order valence-electron chi connectivity index (χ4n) is 2.31. The average molecular weight is 351 g/mol. The third kappa shape index (κ3) is 4.56. The molecule has 8 heteroatoms. The van der Waals surface area contributed by atoms with Gasteiger partial charge in [-0.15, -0.1) is 0 Å². The highest BCUT2D eigenvalue weighted by Gasteiger charge is 2.26. The molecule has 0 aliphatic rings. The lowest BCUT2D eigenvalue weighted by molar-refractivity contribution is -0.126. The number of aromatic nitrogens is 1. The normalized spacial score (nSPS) is 12.0. The smallest absolute Gasteiger partial charge is 0.241 e.